The zero-order valence-corrected chi connectivity index (χ0v) is 9.54. The Labute approximate surface area is 77.2 Å². The molecule has 0 aliphatic carbocycles. The summed E-state index contributed by atoms with van der Waals surface area (Å²) >= 11 is 2.30. The lowest BCUT2D eigenvalue weighted by Crippen LogP contribution is -2.34. The smallest absolute Gasteiger partial charge is 0.0545 e. The van der Waals surface area contributed by atoms with Crippen molar-refractivity contribution in [2.45, 2.75) is 38.0 Å². The number of hydrogen-bond acceptors (Lipinski definition) is 1. The van der Waals surface area contributed by atoms with Gasteiger partial charge in [0.2, 0.25) is 0 Å². The highest BCUT2D eigenvalue weighted by Gasteiger charge is 2.29. The predicted molar refractivity (Wildman–Crippen MR) is 55.3 cm³/mol. The van der Waals surface area contributed by atoms with Crippen LogP contribution in [-0.2, 0) is 0 Å². The zero-order chi connectivity index (χ0) is 8.58. The molecule has 0 rings (SSSR count). The van der Waals surface area contributed by atoms with E-state index in [0.717, 1.165) is 5.71 Å². The molecule has 0 aromatic heterocycles. The maximum absolute atomic E-state index is 7.78. The number of hydrogen-bond donors (Lipinski definition) is 1. The van der Waals surface area contributed by atoms with Crippen LogP contribution < -0.4 is 0 Å². The molecule has 60 valence electrons. The molecule has 0 atom stereocenters. The van der Waals surface area contributed by atoms with Gasteiger partial charge in [0.25, 0.3) is 0 Å². The fourth-order valence-electron chi connectivity index (χ4n) is 0.892. The van der Waals surface area contributed by atoms with E-state index >= 15 is 0 Å². The minimum absolute atomic E-state index is 0.00396. The van der Waals surface area contributed by atoms with Crippen molar-refractivity contribution in [3.63, 3.8) is 0 Å². The molecule has 0 radical (unpaired) electrons. The molecule has 0 bridgehead atoms. The fraction of sp³-hybridized carbons (Fsp3) is 0.875. The van der Waals surface area contributed by atoms with Crippen LogP contribution in [-0.4, -0.2) is 9.13 Å². The van der Waals surface area contributed by atoms with Crippen LogP contribution in [0.5, 0.6) is 0 Å². The zero-order valence-electron chi connectivity index (χ0n) is 7.38. The molecule has 2 heteroatoms. The van der Waals surface area contributed by atoms with Gasteiger partial charge in [-0.2, -0.15) is 0 Å². The molecule has 0 heterocycles. The Bertz CT molecular complexity index is 120. The van der Waals surface area contributed by atoms with E-state index in [0.29, 0.717) is 0 Å². The van der Waals surface area contributed by atoms with Crippen LogP contribution in [0, 0.1) is 10.8 Å². The van der Waals surface area contributed by atoms with Crippen LogP contribution in [0.3, 0.4) is 0 Å². The van der Waals surface area contributed by atoms with Crippen LogP contribution in [0.4, 0.5) is 0 Å². The van der Waals surface area contributed by atoms with Gasteiger partial charge >= 0.3 is 0 Å². The van der Waals surface area contributed by atoms with E-state index in [-0.39, 0.29) is 8.84 Å². The van der Waals surface area contributed by atoms with Crippen molar-refractivity contribution in [3.05, 3.63) is 0 Å². The van der Waals surface area contributed by atoms with Crippen LogP contribution in [0.25, 0.3) is 0 Å². The Hall–Kier alpha value is 0.400. The van der Waals surface area contributed by atoms with Crippen molar-refractivity contribution in [1.82, 2.24) is 0 Å². The van der Waals surface area contributed by atoms with Gasteiger partial charge in [-0.15, -0.1) is 0 Å². The van der Waals surface area contributed by atoms with Crippen molar-refractivity contribution in [2.75, 3.05) is 0 Å². The summed E-state index contributed by atoms with van der Waals surface area (Å²) in [5.74, 6) is 0. The van der Waals surface area contributed by atoms with E-state index in [9.17, 15) is 0 Å². The predicted octanol–water partition coefficient (Wildman–Crippen LogP) is 3.27. The van der Waals surface area contributed by atoms with Gasteiger partial charge in [-0.3, -0.25) is 0 Å². The third kappa shape index (κ3) is 2.99. The lowest BCUT2D eigenvalue weighted by Gasteiger charge is -2.28. The van der Waals surface area contributed by atoms with Crippen LogP contribution in [0.2, 0.25) is 0 Å². The van der Waals surface area contributed by atoms with Gasteiger partial charge in [0.05, 0.1) is 3.42 Å². The topological polar surface area (TPSA) is 23.9 Å². The molecule has 0 amide bonds. The second kappa shape index (κ2) is 2.80. The van der Waals surface area contributed by atoms with E-state index < -0.39 is 0 Å². The quantitative estimate of drug-likeness (QED) is 0.421. The number of nitrogens with one attached hydrogen (secondary N) is 1. The number of alkyl halides is 1. The molecule has 0 fully saturated rings. The third-order valence-corrected chi connectivity index (χ3v) is 1.88. The normalized spacial score (nSPS) is 13.4. The van der Waals surface area contributed by atoms with Crippen molar-refractivity contribution < 1.29 is 0 Å². The lowest BCUT2D eigenvalue weighted by molar-refractivity contribution is 0.564. The van der Waals surface area contributed by atoms with E-state index in [4.69, 9.17) is 5.41 Å². The van der Waals surface area contributed by atoms with Gasteiger partial charge in [0, 0.05) is 11.1 Å². The van der Waals surface area contributed by atoms with Gasteiger partial charge in [-0.25, -0.2) is 0 Å². The maximum atomic E-state index is 7.78. The summed E-state index contributed by atoms with van der Waals surface area (Å²) in [5.41, 5.74) is 0.825. The second-order valence-electron chi connectivity index (χ2n) is 4.10. The standard InChI is InChI=1S/C8H16IN/c1-7(2,3)6(10)8(4,5)9/h10H,1-5H3. The van der Waals surface area contributed by atoms with Crippen LogP contribution >= 0.6 is 22.6 Å². The Morgan fingerprint density at radius 2 is 1.40 bits per heavy atom. The van der Waals surface area contributed by atoms with E-state index in [1.807, 2.05) is 0 Å². The molecule has 10 heavy (non-hydrogen) atoms. The van der Waals surface area contributed by atoms with Crippen molar-refractivity contribution in [1.29, 1.82) is 5.41 Å². The Morgan fingerprint density at radius 3 is 1.40 bits per heavy atom. The molecule has 0 saturated heterocycles. The monoisotopic (exact) mass is 253 g/mol. The van der Waals surface area contributed by atoms with Crippen molar-refractivity contribution >= 4 is 28.3 Å². The van der Waals surface area contributed by atoms with E-state index in [1.54, 1.807) is 0 Å². The van der Waals surface area contributed by atoms with Gasteiger partial charge < -0.3 is 5.41 Å². The Kier molecular flexibility index (Phi) is 2.91. The molecule has 0 aromatic rings. The summed E-state index contributed by atoms with van der Waals surface area (Å²) in [6.07, 6.45) is 0. The highest BCUT2D eigenvalue weighted by molar-refractivity contribution is 14.1. The van der Waals surface area contributed by atoms with E-state index in [2.05, 4.69) is 57.2 Å². The van der Waals surface area contributed by atoms with Crippen molar-refractivity contribution in [2.24, 2.45) is 5.41 Å². The van der Waals surface area contributed by atoms with E-state index in [1.165, 1.54) is 0 Å². The molecule has 0 aliphatic rings. The highest BCUT2D eigenvalue weighted by Crippen LogP contribution is 2.29. The minimum Gasteiger partial charge on any atom is -0.308 e. The number of halogens is 1. The third-order valence-electron chi connectivity index (χ3n) is 1.34. The average molecular weight is 253 g/mol. The van der Waals surface area contributed by atoms with Gasteiger partial charge in [0.15, 0.2) is 0 Å². The first-order valence-electron chi connectivity index (χ1n) is 3.44. The second-order valence-corrected chi connectivity index (χ2v) is 6.79. The summed E-state index contributed by atoms with van der Waals surface area (Å²) in [7, 11) is 0. The first kappa shape index (κ1) is 10.4. The summed E-state index contributed by atoms with van der Waals surface area (Å²) < 4.78 is -0.00396. The van der Waals surface area contributed by atoms with Gasteiger partial charge in [-0.05, 0) is 13.8 Å². The summed E-state index contributed by atoms with van der Waals surface area (Å²) in [6.45, 7) is 10.4. The Balaban J connectivity index is 4.40. The maximum Gasteiger partial charge on any atom is 0.0545 e. The molecule has 1 N–H and O–H groups in total. The molecule has 0 spiro atoms. The molecule has 0 aromatic carbocycles. The van der Waals surface area contributed by atoms with Crippen molar-refractivity contribution in [3.8, 4) is 0 Å². The SMILES string of the molecule is CC(C)(C)C(=N)C(C)(C)I. The fourth-order valence-corrected chi connectivity index (χ4v) is 1.70. The summed E-state index contributed by atoms with van der Waals surface area (Å²) in [6, 6.07) is 0. The molecular formula is C8H16IN. The first-order chi connectivity index (χ1) is 4.15. The lowest BCUT2D eigenvalue weighted by atomic mass is 9.84. The first-order valence-corrected chi connectivity index (χ1v) is 4.52. The van der Waals surface area contributed by atoms with Crippen LogP contribution in [0.1, 0.15) is 34.6 Å². The summed E-state index contributed by atoms with van der Waals surface area (Å²) in [5, 5.41) is 7.78. The largest absolute Gasteiger partial charge is 0.308 e. The molecule has 0 saturated carbocycles. The molecule has 0 aliphatic heterocycles. The highest BCUT2D eigenvalue weighted by atomic mass is 127. The Morgan fingerprint density at radius 1 is 1.10 bits per heavy atom. The average Bonchev–Trinajstić information content (AvgIpc) is 1.59. The van der Waals surface area contributed by atoms with Gasteiger partial charge in [0.1, 0.15) is 0 Å². The summed E-state index contributed by atoms with van der Waals surface area (Å²) in [4.78, 5) is 0. The van der Waals surface area contributed by atoms with Gasteiger partial charge in [-0.1, -0.05) is 43.4 Å². The number of rotatable bonds is 1. The molecule has 0 unspecified atom stereocenters. The minimum atomic E-state index is -0.00396. The van der Waals surface area contributed by atoms with Crippen LogP contribution in [0.15, 0.2) is 0 Å². The molecule has 1 nitrogen and oxygen atoms in total. The molecular weight excluding hydrogens is 237 g/mol.